The third kappa shape index (κ3) is 7.17. The van der Waals surface area contributed by atoms with Crippen LogP contribution in [0, 0.1) is 16.0 Å². The van der Waals surface area contributed by atoms with Crippen molar-refractivity contribution in [2.75, 3.05) is 27.3 Å². The van der Waals surface area contributed by atoms with Crippen molar-refractivity contribution in [1.29, 1.82) is 0 Å². The number of hydrogen-bond acceptors (Lipinski definition) is 11. The van der Waals surface area contributed by atoms with E-state index in [-0.39, 0.29) is 18.6 Å². The molecule has 16 heteroatoms. The molecular formula is C32H37N7O8S. The Balaban J connectivity index is 0.000000218. The quantitative estimate of drug-likeness (QED) is 0.0536. The molecule has 3 N–H and O–H groups in total. The second-order valence-corrected chi connectivity index (χ2v) is 13.3. The lowest BCUT2D eigenvalue weighted by molar-refractivity contribution is -0.387. The number of ether oxygens (including phenoxy) is 2. The smallest absolute Gasteiger partial charge is 0.326 e. The van der Waals surface area contributed by atoms with Crippen molar-refractivity contribution in [3.63, 3.8) is 0 Å². The summed E-state index contributed by atoms with van der Waals surface area (Å²) in [6.07, 6.45) is 5.13. The molecule has 1 heterocycles. The lowest BCUT2D eigenvalue weighted by Gasteiger charge is -2.27. The number of azide groups is 1. The van der Waals surface area contributed by atoms with Crippen LogP contribution in [0.2, 0.25) is 0 Å². The molecule has 3 aromatic rings. The highest BCUT2D eigenvalue weighted by molar-refractivity contribution is 7.89. The molecule has 1 saturated heterocycles. The first-order valence-corrected chi connectivity index (χ1v) is 16.5. The van der Waals surface area contributed by atoms with Crippen LogP contribution in [0.4, 0.5) is 11.4 Å². The summed E-state index contributed by atoms with van der Waals surface area (Å²) >= 11 is 0. The molecule has 1 unspecified atom stereocenters. The standard InChI is InChI=1S/C19H20N4O2.C13H17N3O6S/c1-25-18(24)19-10-4-5-12(19)11-17(21-19)15-8-9-16(22-23-20)14-7-3-2-6-13(14)15;1-3-8-15(9-10(14)13(17)22-2)23(20,21)12-7-5-4-6-11(12)16(18)19/h2-3,6-9,12,17,21H,4-5,10-11H2,1H3;3-7,10H,1,8-9,14H2,2H3/t12-,17+,19-;/m0./s1. The first kappa shape index (κ1) is 36.0. The Morgan fingerprint density at radius 3 is 2.52 bits per heavy atom. The minimum Gasteiger partial charge on any atom is -0.468 e. The molecule has 1 aliphatic carbocycles. The maximum Gasteiger partial charge on any atom is 0.326 e. The monoisotopic (exact) mass is 679 g/mol. The summed E-state index contributed by atoms with van der Waals surface area (Å²) in [5, 5.41) is 20.4. The summed E-state index contributed by atoms with van der Waals surface area (Å²) in [6.45, 7) is 2.88. The zero-order chi connectivity index (χ0) is 35.1. The predicted molar refractivity (Wildman–Crippen MR) is 177 cm³/mol. The molecule has 48 heavy (non-hydrogen) atoms. The number of rotatable bonds is 11. The van der Waals surface area contributed by atoms with Crippen LogP contribution in [0.25, 0.3) is 21.2 Å². The number of nitrogens with two attached hydrogens (primary N) is 1. The van der Waals surface area contributed by atoms with Gasteiger partial charge < -0.3 is 15.2 Å². The zero-order valence-corrected chi connectivity index (χ0v) is 27.3. The number of methoxy groups -OCH3 is 2. The Bertz CT molecular complexity index is 1860. The summed E-state index contributed by atoms with van der Waals surface area (Å²) in [6, 6.07) is 15.6. The number of nitrogens with zero attached hydrogens (tertiary/aromatic N) is 5. The maximum atomic E-state index is 12.7. The van der Waals surface area contributed by atoms with Gasteiger partial charge in [-0.3, -0.25) is 25.0 Å². The number of nitro groups is 1. The van der Waals surface area contributed by atoms with Crippen molar-refractivity contribution < 1.29 is 32.4 Å². The molecule has 3 aromatic carbocycles. The molecule has 1 saturated carbocycles. The fourth-order valence-electron chi connectivity index (χ4n) is 6.53. The van der Waals surface area contributed by atoms with Crippen molar-refractivity contribution in [3.05, 3.63) is 99.4 Å². The Morgan fingerprint density at radius 1 is 1.19 bits per heavy atom. The highest BCUT2D eigenvalue weighted by Crippen LogP contribution is 2.49. The van der Waals surface area contributed by atoms with Crippen LogP contribution in [0.5, 0.6) is 0 Å². The number of esters is 2. The van der Waals surface area contributed by atoms with Gasteiger partial charge in [0.25, 0.3) is 5.69 Å². The van der Waals surface area contributed by atoms with Gasteiger partial charge in [-0.2, -0.15) is 4.31 Å². The van der Waals surface area contributed by atoms with Gasteiger partial charge in [0.1, 0.15) is 11.6 Å². The number of benzene rings is 3. The molecular weight excluding hydrogens is 642 g/mol. The first-order chi connectivity index (χ1) is 22.9. The van der Waals surface area contributed by atoms with E-state index < -0.39 is 49.6 Å². The van der Waals surface area contributed by atoms with Crippen molar-refractivity contribution in [2.45, 2.75) is 48.2 Å². The molecule has 5 rings (SSSR count). The molecule has 15 nitrogen and oxygen atoms in total. The Labute approximate surface area is 277 Å². The molecule has 254 valence electrons. The van der Waals surface area contributed by atoms with E-state index >= 15 is 0 Å². The van der Waals surface area contributed by atoms with E-state index in [1.54, 1.807) is 0 Å². The van der Waals surface area contributed by atoms with Gasteiger partial charge in [0, 0.05) is 35.8 Å². The largest absolute Gasteiger partial charge is 0.468 e. The SMILES string of the molecule is C=CCN(CC(N)C(=O)OC)S(=O)(=O)c1ccccc1[N+](=O)[O-].COC(=O)[C@]12CCC[C@H]1C[C@H](c1ccc(N=[N+]=[N-])c3ccccc13)N2. The molecule has 0 spiro atoms. The van der Waals surface area contributed by atoms with Crippen LogP contribution >= 0.6 is 0 Å². The van der Waals surface area contributed by atoms with Crippen molar-refractivity contribution in [1.82, 2.24) is 9.62 Å². The molecule has 0 bridgehead atoms. The second kappa shape index (κ2) is 15.4. The average Bonchev–Trinajstić information content (AvgIpc) is 3.67. The topological polar surface area (TPSA) is 220 Å². The van der Waals surface area contributed by atoms with E-state index in [4.69, 9.17) is 16.0 Å². The number of fused-ring (bicyclic) bond motifs is 2. The molecule has 1 aliphatic heterocycles. The molecule has 0 aromatic heterocycles. The maximum absolute atomic E-state index is 12.7. The van der Waals surface area contributed by atoms with E-state index in [1.165, 1.54) is 25.3 Å². The van der Waals surface area contributed by atoms with Gasteiger partial charge in [0.05, 0.1) is 19.1 Å². The summed E-state index contributed by atoms with van der Waals surface area (Å²) in [4.78, 5) is 36.5. The van der Waals surface area contributed by atoms with Gasteiger partial charge in [-0.15, -0.1) is 6.58 Å². The van der Waals surface area contributed by atoms with Crippen LogP contribution in [-0.2, 0) is 29.1 Å². The molecule has 2 aliphatic rings. The third-order valence-electron chi connectivity index (χ3n) is 8.70. The van der Waals surface area contributed by atoms with Gasteiger partial charge >= 0.3 is 11.9 Å². The van der Waals surface area contributed by atoms with E-state index in [0.717, 1.165) is 65.6 Å². The second-order valence-electron chi connectivity index (χ2n) is 11.4. The lowest BCUT2D eigenvalue weighted by atomic mass is 9.88. The lowest BCUT2D eigenvalue weighted by Crippen LogP contribution is -2.50. The summed E-state index contributed by atoms with van der Waals surface area (Å²) in [5.74, 6) is -0.634. The van der Waals surface area contributed by atoms with Gasteiger partial charge in [0.2, 0.25) is 10.0 Å². The normalized spacial score (nSPS) is 20.5. The highest BCUT2D eigenvalue weighted by atomic mass is 32.2. The first-order valence-electron chi connectivity index (χ1n) is 15.1. The van der Waals surface area contributed by atoms with E-state index in [0.29, 0.717) is 11.6 Å². The van der Waals surface area contributed by atoms with Crippen LogP contribution in [-0.4, -0.2) is 68.5 Å². The Hall–Kier alpha value is -4.86. The van der Waals surface area contributed by atoms with Crippen molar-refractivity contribution in [2.24, 2.45) is 16.8 Å². The zero-order valence-electron chi connectivity index (χ0n) is 26.5. The van der Waals surface area contributed by atoms with E-state index in [1.807, 2.05) is 36.4 Å². The number of hydrogen-bond donors (Lipinski definition) is 2. The van der Waals surface area contributed by atoms with E-state index in [9.17, 15) is 28.1 Å². The van der Waals surface area contributed by atoms with Crippen LogP contribution in [0.3, 0.4) is 0 Å². The van der Waals surface area contributed by atoms with Crippen LogP contribution in [0.15, 0.2) is 83.3 Å². The molecule has 0 amide bonds. The molecule has 4 atom stereocenters. The minimum absolute atomic E-state index is 0.0921. The Kier molecular flexibility index (Phi) is 11.5. The van der Waals surface area contributed by atoms with Crippen LogP contribution in [0.1, 0.15) is 37.3 Å². The molecule has 2 fully saturated rings. The Morgan fingerprint density at radius 2 is 1.88 bits per heavy atom. The molecule has 0 radical (unpaired) electrons. The summed E-state index contributed by atoms with van der Waals surface area (Å²) in [7, 11) is -1.66. The number of carbonyl (C=O) groups is 2. The van der Waals surface area contributed by atoms with Crippen molar-refractivity contribution in [3.8, 4) is 0 Å². The number of carbonyl (C=O) groups excluding carboxylic acids is 2. The predicted octanol–water partition coefficient (Wildman–Crippen LogP) is 4.80. The minimum atomic E-state index is -4.24. The average molecular weight is 680 g/mol. The highest BCUT2D eigenvalue weighted by Gasteiger charge is 2.56. The van der Waals surface area contributed by atoms with Gasteiger partial charge in [-0.25, -0.2) is 8.42 Å². The third-order valence-corrected chi connectivity index (χ3v) is 10.6. The van der Waals surface area contributed by atoms with Crippen molar-refractivity contribution >= 4 is 44.1 Å². The number of sulfonamides is 1. The van der Waals surface area contributed by atoms with Gasteiger partial charge in [0.15, 0.2) is 4.90 Å². The van der Waals surface area contributed by atoms with Gasteiger partial charge in [-0.1, -0.05) is 66.1 Å². The van der Waals surface area contributed by atoms with Gasteiger partial charge in [-0.05, 0) is 53.1 Å². The number of nitro benzene ring substituents is 1. The van der Waals surface area contributed by atoms with Crippen LogP contribution < -0.4 is 11.1 Å². The fourth-order valence-corrected chi connectivity index (χ4v) is 8.12. The van der Waals surface area contributed by atoms with E-state index in [2.05, 4.69) is 26.7 Å². The number of nitrogens with one attached hydrogen (secondary N) is 1. The fraction of sp³-hybridized carbons (Fsp3) is 0.375. The number of para-hydroxylation sites is 1. The summed E-state index contributed by atoms with van der Waals surface area (Å²) in [5.41, 5.74) is 15.0. The summed E-state index contributed by atoms with van der Waals surface area (Å²) < 4.78 is 35.7.